The maximum atomic E-state index is 5.67. The lowest BCUT2D eigenvalue weighted by Gasteiger charge is -2.09. The minimum absolute atomic E-state index is 0.506. The largest absolute Gasteiger partial charge is 0.499 e. The van der Waals surface area contributed by atoms with Crippen LogP contribution in [0.3, 0.4) is 0 Å². The van der Waals surface area contributed by atoms with Crippen molar-refractivity contribution in [2.45, 2.75) is 90.4 Å². The summed E-state index contributed by atoms with van der Waals surface area (Å²) in [5.41, 5.74) is 0. The molecule has 0 aromatic rings. The van der Waals surface area contributed by atoms with Gasteiger partial charge >= 0.3 is 0 Å². The van der Waals surface area contributed by atoms with Gasteiger partial charge in [0.2, 0.25) is 0 Å². The van der Waals surface area contributed by atoms with Crippen LogP contribution in [0.1, 0.15) is 90.4 Å². The Bertz CT molecular complexity index is 571. The molecule has 0 aromatic carbocycles. The molecule has 0 fully saturated rings. The minimum Gasteiger partial charge on any atom is -0.499 e. The van der Waals surface area contributed by atoms with E-state index in [0.29, 0.717) is 132 Å². The van der Waals surface area contributed by atoms with Crippen LogP contribution in [-0.2, 0) is 52.1 Å². The number of unbranched alkanes of at least 4 members (excludes halogenated alkanes) is 12. The first-order valence-corrected chi connectivity index (χ1v) is 18.9. The summed E-state index contributed by atoms with van der Waals surface area (Å²) in [6, 6.07) is 0. The van der Waals surface area contributed by atoms with Crippen LogP contribution >= 0.6 is 0 Å². The molecule has 0 aliphatic rings. The number of rotatable bonds is 45. The average Bonchev–Trinajstić information content (AvgIpc) is 3.10. The van der Waals surface area contributed by atoms with Gasteiger partial charge in [-0.25, -0.2) is 0 Å². The molecule has 0 aliphatic carbocycles. The van der Waals surface area contributed by atoms with Crippen molar-refractivity contribution in [1.29, 1.82) is 0 Å². The molecule has 11 nitrogen and oxygen atoms in total. The van der Waals surface area contributed by atoms with Gasteiger partial charge < -0.3 is 52.1 Å². The van der Waals surface area contributed by atoms with E-state index in [-0.39, 0.29) is 0 Å². The van der Waals surface area contributed by atoms with Gasteiger partial charge in [-0.1, -0.05) is 90.6 Å². The molecule has 0 saturated heterocycles. The van der Waals surface area contributed by atoms with Gasteiger partial charge in [-0.2, -0.15) is 0 Å². The zero-order chi connectivity index (χ0) is 34.5. The van der Waals surface area contributed by atoms with E-state index < -0.39 is 0 Å². The molecule has 0 bridgehead atoms. The molecule has 0 rings (SSSR count). The molecular weight excluding hydrogens is 620 g/mol. The third-order valence-electron chi connectivity index (χ3n) is 7.20. The van der Waals surface area contributed by atoms with Gasteiger partial charge in [0.15, 0.2) is 0 Å². The standard InChI is InChI=1S/C37H74O11/c1-3-5-6-7-8-9-10-11-12-13-14-15-16-17-39-20-21-41-24-25-43-28-29-45-32-33-47-36-37-48-35-34-46-31-30-44-27-26-42-23-22-40-19-18-38-4-2/h4H,2-3,5-37H2,1H3. The summed E-state index contributed by atoms with van der Waals surface area (Å²) in [4.78, 5) is 0. The van der Waals surface area contributed by atoms with Gasteiger partial charge in [-0.3, -0.25) is 0 Å². The fourth-order valence-electron chi connectivity index (χ4n) is 4.49. The Kier molecular flexibility index (Phi) is 45.3. The Morgan fingerprint density at radius 2 is 0.479 bits per heavy atom. The van der Waals surface area contributed by atoms with E-state index in [2.05, 4.69) is 13.5 Å². The predicted octanol–water partition coefficient (Wildman–Crippen LogP) is 6.40. The van der Waals surface area contributed by atoms with Gasteiger partial charge in [-0.05, 0) is 6.42 Å². The van der Waals surface area contributed by atoms with E-state index in [0.717, 1.165) is 13.0 Å². The van der Waals surface area contributed by atoms with Crippen LogP contribution in [0.25, 0.3) is 0 Å². The first-order valence-electron chi connectivity index (χ1n) is 18.9. The lowest BCUT2D eigenvalue weighted by molar-refractivity contribution is -0.0269. The van der Waals surface area contributed by atoms with Crippen molar-refractivity contribution in [3.05, 3.63) is 12.8 Å². The highest BCUT2D eigenvalue weighted by Gasteiger charge is 1.97. The second kappa shape index (κ2) is 46.1. The highest BCUT2D eigenvalue weighted by molar-refractivity contribution is 4.49. The van der Waals surface area contributed by atoms with Gasteiger partial charge in [0.1, 0.15) is 6.61 Å². The number of ether oxygens (including phenoxy) is 11. The molecule has 0 aromatic heterocycles. The molecule has 0 N–H and O–H groups in total. The molecule has 0 atom stereocenters. The van der Waals surface area contributed by atoms with E-state index in [1.54, 1.807) is 0 Å². The third-order valence-corrected chi connectivity index (χ3v) is 7.20. The highest BCUT2D eigenvalue weighted by atomic mass is 16.6. The molecule has 288 valence electrons. The van der Waals surface area contributed by atoms with E-state index in [9.17, 15) is 0 Å². The molecule has 11 heteroatoms. The van der Waals surface area contributed by atoms with Gasteiger partial charge in [0.25, 0.3) is 0 Å². The molecular formula is C37H74O11. The van der Waals surface area contributed by atoms with E-state index in [4.69, 9.17) is 52.1 Å². The van der Waals surface area contributed by atoms with Crippen LogP contribution in [0.5, 0.6) is 0 Å². The maximum absolute atomic E-state index is 5.67. The first-order chi connectivity index (χ1) is 23.9. The fraction of sp³-hybridized carbons (Fsp3) is 0.946. The van der Waals surface area contributed by atoms with Crippen molar-refractivity contribution < 1.29 is 52.1 Å². The second-order valence-corrected chi connectivity index (χ2v) is 11.4. The topological polar surface area (TPSA) is 102 Å². The molecule has 0 aliphatic heterocycles. The summed E-state index contributed by atoms with van der Waals surface area (Å²) in [6.45, 7) is 17.4. The Hall–Kier alpha value is -0.860. The Morgan fingerprint density at radius 1 is 0.271 bits per heavy atom. The third kappa shape index (κ3) is 45.1. The molecule has 0 saturated carbocycles. The summed E-state index contributed by atoms with van der Waals surface area (Å²) in [5, 5.41) is 0. The normalized spacial score (nSPS) is 11.4. The predicted molar refractivity (Wildman–Crippen MR) is 190 cm³/mol. The quantitative estimate of drug-likeness (QED) is 0.0523. The van der Waals surface area contributed by atoms with Crippen LogP contribution in [0.15, 0.2) is 12.8 Å². The zero-order valence-electron chi connectivity index (χ0n) is 30.8. The van der Waals surface area contributed by atoms with E-state index in [1.165, 1.54) is 83.3 Å². The highest BCUT2D eigenvalue weighted by Crippen LogP contribution is 2.12. The molecule has 0 heterocycles. The second-order valence-electron chi connectivity index (χ2n) is 11.4. The summed E-state index contributed by atoms with van der Waals surface area (Å²) in [6.07, 6.45) is 19.2. The van der Waals surface area contributed by atoms with Crippen molar-refractivity contribution in [1.82, 2.24) is 0 Å². The summed E-state index contributed by atoms with van der Waals surface area (Å²) < 4.78 is 59.9. The van der Waals surface area contributed by atoms with Crippen LogP contribution in [0.4, 0.5) is 0 Å². The lowest BCUT2D eigenvalue weighted by Crippen LogP contribution is -2.15. The van der Waals surface area contributed by atoms with Crippen molar-refractivity contribution >= 4 is 0 Å². The van der Waals surface area contributed by atoms with Crippen LogP contribution < -0.4 is 0 Å². The van der Waals surface area contributed by atoms with Crippen LogP contribution in [-0.4, -0.2) is 139 Å². The van der Waals surface area contributed by atoms with Crippen molar-refractivity contribution in [3.63, 3.8) is 0 Å². The van der Waals surface area contributed by atoms with E-state index in [1.807, 2.05) is 0 Å². The Balaban J connectivity index is 3.04. The number of hydrogen-bond acceptors (Lipinski definition) is 11. The average molecular weight is 695 g/mol. The molecule has 48 heavy (non-hydrogen) atoms. The first kappa shape index (κ1) is 47.1. The van der Waals surface area contributed by atoms with Crippen molar-refractivity contribution in [2.24, 2.45) is 0 Å². The summed E-state index contributed by atoms with van der Waals surface area (Å²) >= 11 is 0. The zero-order valence-corrected chi connectivity index (χ0v) is 30.8. The van der Waals surface area contributed by atoms with Gasteiger partial charge in [0, 0.05) is 6.61 Å². The molecule has 0 amide bonds. The molecule has 0 unspecified atom stereocenters. The smallest absolute Gasteiger partial charge is 0.111 e. The monoisotopic (exact) mass is 695 g/mol. The number of hydrogen-bond donors (Lipinski definition) is 0. The summed E-state index contributed by atoms with van der Waals surface area (Å²) in [7, 11) is 0. The fourth-order valence-corrected chi connectivity index (χ4v) is 4.49. The summed E-state index contributed by atoms with van der Waals surface area (Å²) in [5.74, 6) is 0. The van der Waals surface area contributed by atoms with Crippen LogP contribution in [0, 0.1) is 0 Å². The lowest BCUT2D eigenvalue weighted by atomic mass is 10.0. The van der Waals surface area contributed by atoms with Crippen molar-refractivity contribution in [3.8, 4) is 0 Å². The minimum atomic E-state index is 0.506. The Morgan fingerprint density at radius 3 is 0.729 bits per heavy atom. The van der Waals surface area contributed by atoms with Crippen LogP contribution in [0.2, 0.25) is 0 Å². The Labute approximate surface area is 293 Å². The SMILES string of the molecule is C=COCCOCCOCCOCCOCCOCCOCCOCCOCCOCCOCCCCCCCCCCCCCCC. The van der Waals surface area contributed by atoms with Gasteiger partial charge in [0.05, 0.1) is 132 Å². The van der Waals surface area contributed by atoms with Crippen molar-refractivity contribution in [2.75, 3.05) is 139 Å². The maximum Gasteiger partial charge on any atom is 0.111 e. The van der Waals surface area contributed by atoms with Gasteiger partial charge in [-0.15, -0.1) is 0 Å². The van der Waals surface area contributed by atoms with E-state index >= 15 is 0 Å². The molecule has 0 radical (unpaired) electrons. The molecule has 0 spiro atoms.